The van der Waals surface area contributed by atoms with Crippen LogP contribution < -0.4 is 5.32 Å². The van der Waals surface area contributed by atoms with E-state index in [1.165, 1.54) is 16.5 Å². The van der Waals surface area contributed by atoms with E-state index in [1.54, 1.807) is 17.4 Å². The van der Waals surface area contributed by atoms with Gasteiger partial charge in [0.15, 0.2) is 0 Å². The molecule has 1 nitrogen and oxygen atoms in total. The van der Waals surface area contributed by atoms with E-state index in [2.05, 4.69) is 50.2 Å². The third-order valence-electron chi connectivity index (χ3n) is 2.74. The molecular formula is C13H12Br2FNS. The maximum Gasteiger partial charge on any atom is 0.124 e. The van der Waals surface area contributed by atoms with Crippen LogP contribution in [0, 0.1) is 12.7 Å². The van der Waals surface area contributed by atoms with Gasteiger partial charge in [-0.05, 0) is 65.3 Å². The van der Waals surface area contributed by atoms with E-state index in [9.17, 15) is 4.39 Å². The molecule has 1 atom stereocenters. The molecule has 0 saturated heterocycles. The van der Waals surface area contributed by atoms with Crippen molar-refractivity contribution in [3.63, 3.8) is 0 Å². The second-order valence-electron chi connectivity index (χ2n) is 3.99. The molecule has 1 aromatic heterocycles. The van der Waals surface area contributed by atoms with E-state index in [0.29, 0.717) is 0 Å². The second kappa shape index (κ2) is 5.82. The van der Waals surface area contributed by atoms with Crippen molar-refractivity contribution in [1.29, 1.82) is 0 Å². The molecular weight excluding hydrogens is 381 g/mol. The van der Waals surface area contributed by atoms with Crippen molar-refractivity contribution in [3.05, 3.63) is 54.3 Å². The Morgan fingerprint density at radius 2 is 1.94 bits per heavy atom. The monoisotopic (exact) mass is 391 g/mol. The zero-order valence-electron chi connectivity index (χ0n) is 9.93. The van der Waals surface area contributed by atoms with Crippen LogP contribution in [0.2, 0.25) is 0 Å². The lowest BCUT2D eigenvalue weighted by Crippen LogP contribution is -2.18. The molecule has 0 radical (unpaired) electrons. The Morgan fingerprint density at radius 3 is 2.44 bits per heavy atom. The zero-order valence-corrected chi connectivity index (χ0v) is 13.9. The largest absolute Gasteiger partial charge is 0.309 e. The Kier molecular flexibility index (Phi) is 4.59. The number of rotatable bonds is 3. The van der Waals surface area contributed by atoms with Crippen molar-refractivity contribution in [1.82, 2.24) is 5.32 Å². The van der Waals surface area contributed by atoms with Crippen molar-refractivity contribution >= 4 is 43.2 Å². The van der Waals surface area contributed by atoms with E-state index in [4.69, 9.17) is 0 Å². The third-order valence-corrected chi connectivity index (χ3v) is 4.77. The van der Waals surface area contributed by atoms with Gasteiger partial charge in [0.2, 0.25) is 0 Å². The summed E-state index contributed by atoms with van der Waals surface area (Å²) >= 11 is 8.51. The Bertz CT molecular complexity index is 548. The lowest BCUT2D eigenvalue weighted by Gasteiger charge is -2.17. The first-order chi connectivity index (χ1) is 8.51. The standard InChI is InChI=1S/C13H12Br2FNS/c1-7-11(6-12(15)18-7)13(17-2)8-3-9(14)5-10(16)4-8/h3-6,13,17H,1-2H3. The van der Waals surface area contributed by atoms with Crippen molar-refractivity contribution in [3.8, 4) is 0 Å². The van der Waals surface area contributed by atoms with Gasteiger partial charge in [0.05, 0.1) is 9.83 Å². The number of aryl methyl sites for hydroxylation is 1. The molecule has 0 saturated carbocycles. The Morgan fingerprint density at radius 1 is 1.22 bits per heavy atom. The first-order valence-electron chi connectivity index (χ1n) is 5.40. The fourth-order valence-electron chi connectivity index (χ4n) is 1.99. The van der Waals surface area contributed by atoms with Crippen molar-refractivity contribution < 1.29 is 4.39 Å². The van der Waals surface area contributed by atoms with Gasteiger partial charge in [-0.15, -0.1) is 11.3 Å². The third kappa shape index (κ3) is 3.02. The first-order valence-corrected chi connectivity index (χ1v) is 7.80. The molecule has 0 fully saturated rings. The lowest BCUT2D eigenvalue weighted by molar-refractivity contribution is 0.615. The van der Waals surface area contributed by atoms with Gasteiger partial charge in [-0.3, -0.25) is 0 Å². The van der Waals surface area contributed by atoms with Crippen LogP contribution in [-0.4, -0.2) is 7.05 Å². The average molecular weight is 393 g/mol. The minimum Gasteiger partial charge on any atom is -0.309 e. The Hall–Kier alpha value is -0.230. The molecule has 0 aliphatic rings. The first kappa shape index (κ1) is 14.2. The van der Waals surface area contributed by atoms with E-state index in [0.717, 1.165) is 13.8 Å². The smallest absolute Gasteiger partial charge is 0.124 e. The highest BCUT2D eigenvalue weighted by atomic mass is 79.9. The van der Waals surface area contributed by atoms with Gasteiger partial charge in [-0.1, -0.05) is 15.9 Å². The fraction of sp³-hybridized carbons (Fsp3) is 0.231. The van der Waals surface area contributed by atoms with E-state index >= 15 is 0 Å². The average Bonchev–Trinajstić information content (AvgIpc) is 2.58. The van der Waals surface area contributed by atoms with Gasteiger partial charge in [0.1, 0.15) is 5.82 Å². The van der Waals surface area contributed by atoms with Crippen LogP contribution in [0.3, 0.4) is 0 Å². The predicted octanol–water partition coefficient (Wildman–Crippen LogP) is 5.03. The highest BCUT2D eigenvalue weighted by Crippen LogP contribution is 2.34. The van der Waals surface area contributed by atoms with Gasteiger partial charge in [-0.2, -0.15) is 0 Å². The molecule has 0 spiro atoms. The van der Waals surface area contributed by atoms with Crippen LogP contribution in [-0.2, 0) is 0 Å². The van der Waals surface area contributed by atoms with Crippen LogP contribution in [0.4, 0.5) is 4.39 Å². The van der Waals surface area contributed by atoms with Crippen LogP contribution in [0.15, 0.2) is 32.5 Å². The summed E-state index contributed by atoms with van der Waals surface area (Å²) in [4.78, 5) is 1.22. The molecule has 1 aromatic carbocycles. The number of halogens is 3. The molecule has 0 aliphatic heterocycles. The highest BCUT2D eigenvalue weighted by Gasteiger charge is 2.17. The van der Waals surface area contributed by atoms with Gasteiger partial charge in [0.25, 0.3) is 0 Å². The summed E-state index contributed by atoms with van der Waals surface area (Å²) in [7, 11) is 1.88. The number of hydrogen-bond donors (Lipinski definition) is 1. The molecule has 0 amide bonds. The lowest BCUT2D eigenvalue weighted by atomic mass is 9.99. The van der Waals surface area contributed by atoms with Crippen molar-refractivity contribution in [2.24, 2.45) is 0 Å². The van der Waals surface area contributed by atoms with Crippen LogP contribution in [0.1, 0.15) is 22.0 Å². The SMILES string of the molecule is CNC(c1cc(F)cc(Br)c1)c1cc(Br)sc1C. The number of thiophene rings is 1. The summed E-state index contributed by atoms with van der Waals surface area (Å²) < 4.78 is 15.3. The maximum absolute atomic E-state index is 13.5. The fourth-order valence-corrected chi connectivity index (χ4v) is 4.22. The molecule has 0 aliphatic carbocycles. The summed E-state index contributed by atoms with van der Waals surface area (Å²) in [5.41, 5.74) is 2.09. The number of nitrogens with one attached hydrogen (secondary N) is 1. The summed E-state index contributed by atoms with van der Waals surface area (Å²) in [5.74, 6) is -0.230. The highest BCUT2D eigenvalue weighted by molar-refractivity contribution is 9.11. The Labute approximate surface area is 127 Å². The van der Waals surface area contributed by atoms with Gasteiger partial charge in [0, 0.05) is 9.35 Å². The van der Waals surface area contributed by atoms with Gasteiger partial charge in [-0.25, -0.2) is 4.39 Å². The summed E-state index contributed by atoms with van der Waals surface area (Å²) in [6.07, 6.45) is 0. The molecule has 1 heterocycles. The van der Waals surface area contributed by atoms with Crippen molar-refractivity contribution in [2.45, 2.75) is 13.0 Å². The molecule has 18 heavy (non-hydrogen) atoms. The van der Waals surface area contributed by atoms with E-state index in [1.807, 2.05) is 13.1 Å². The van der Waals surface area contributed by atoms with Crippen molar-refractivity contribution in [2.75, 3.05) is 7.05 Å². The molecule has 96 valence electrons. The molecule has 1 unspecified atom stereocenters. The second-order valence-corrected chi connectivity index (χ2v) is 7.54. The summed E-state index contributed by atoms with van der Waals surface area (Å²) in [6.45, 7) is 2.07. The topological polar surface area (TPSA) is 12.0 Å². The minimum atomic E-state index is -0.230. The molecule has 5 heteroatoms. The Balaban J connectivity index is 2.48. The van der Waals surface area contributed by atoms with Gasteiger partial charge < -0.3 is 5.32 Å². The quantitative estimate of drug-likeness (QED) is 0.772. The zero-order chi connectivity index (χ0) is 13.3. The molecule has 2 aromatic rings. The van der Waals surface area contributed by atoms with Crippen LogP contribution in [0.25, 0.3) is 0 Å². The molecule has 1 N–H and O–H groups in total. The van der Waals surface area contributed by atoms with Gasteiger partial charge >= 0.3 is 0 Å². The van der Waals surface area contributed by atoms with E-state index in [-0.39, 0.29) is 11.9 Å². The number of benzene rings is 1. The predicted molar refractivity (Wildman–Crippen MR) is 81.8 cm³/mol. The normalized spacial score (nSPS) is 12.7. The minimum absolute atomic E-state index is 0.000417. The van der Waals surface area contributed by atoms with Crippen LogP contribution >= 0.6 is 43.2 Å². The summed E-state index contributed by atoms with van der Waals surface area (Å²) in [6, 6.07) is 7.05. The summed E-state index contributed by atoms with van der Waals surface area (Å²) in [5, 5.41) is 3.24. The molecule has 0 bridgehead atoms. The maximum atomic E-state index is 13.5. The number of hydrogen-bond acceptors (Lipinski definition) is 2. The molecule has 2 rings (SSSR count). The van der Waals surface area contributed by atoms with Crippen LogP contribution in [0.5, 0.6) is 0 Å². The van der Waals surface area contributed by atoms with E-state index < -0.39 is 0 Å².